The highest BCUT2D eigenvalue weighted by atomic mass is 19.1. The number of alkyl halides is 1. The molecule has 1 aliphatic carbocycles. The van der Waals surface area contributed by atoms with Crippen LogP contribution in [0.1, 0.15) is 23.5 Å². The van der Waals surface area contributed by atoms with E-state index in [1.807, 2.05) is 36.4 Å². The van der Waals surface area contributed by atoms with Crippen LogP contribution in [0.3, 0.4) is 0 Å². The molecule has 140 valence electrons. The highest BCUT2D eigenvalue weighted by molar-refractivity contribution is 5.79. The summed E-state index contributed by atoms with van der Waals surface area (Å²) in [7, 11) is 0. The number of carbonyl (C=O) groups excluding carboxylic acids is 1. The van der Waals surface area contributed by atoms with E-state index in [2.05, 4.69) is 12.1 Å². The zero-order valence-corrected chi connectivity index (χ0v) is 14.7. The monoisotopic (exact) mass is 369 g/mol. The molecule has 0 saturated carbocycles. The molecule has 1 N–H and O–H groups in total. The Balaban J connectivity index is 1.44. The van der Waals surface area contributed by atoms with Gasteiger partial charge in [0.05, 0.1) is 0 Å². The summed E-state index contributed by atoms with van der Waals surface area (Å²) in [5.74, 6) is -2.19. The largest absolute Gasteiger partial charge is 0.479 e. The van der Waals surface area contributed by atoms with E-state index in [0.717, 1.165) is 22.3 Å². The molecule has 1 heterocycles. The Hall–Kier alpha value is -2.89. The number of rotatable bonds is 4. The fourth-order valence-corrected chi connectivity index (χ4v) is 4.08. The minimum absolute atomic E-state index is 0.0345. The fraction of sp³-hybridized carbons (Fsp3) is 0.333. The van der Waals surface area contributed by atoms with E-state index in [1.54, 1.807) is 0 Å². The van der Waals surface area contributed by atoms with E-state index in [-0.39, 0.29) is 19.1 Å². The number of carbonyl (C=O) groups is 2. The van der Waals surface area contributed by atoms with Crippen molar-refractivity contribution in [3.8, 4) is 11.1 Å². The van der Waals surface area contributed by atoms with Gasteiger partial charge in [0.1, 0.15) is 6.61 Å². The van der Waals surface area contributed by atoms with Gasteiger partial charge < -0.3 is 14.7 Å². The predicted octanol–water partition coefficient (Wildman–Crippen LogP) is 3.68. The lowest BCUT2D eigenvalue weighted by molar-refractivity contribution is -0.144. The lowest BCUT2D eigenvalue weighted by Crippen LogP contribution is -2.33. The first-order chi connectivity index (χ1) is 13.1. The lowest BCUT2D eigenvalue weighted by Gasteiger charge is -2.19. The van der Waals surface area contributed by atoms with E-state index in [1.165, 1.54) is 4.90 Å². The van der Waals surface area contributed by atoms with Gasteiger partial charge in [-0.25, -0.2) is 14.0 Å². The Morgan fingerprint density at radius 1 is 1.11 bits per heavy atom. The van der Waals surface area contributed by atoms with Crippen LogP contribution in [0.25, 0.3) is 11.1 Å². The number of hydrogen-bond donors (Lipinski definition) is 1. The molecule has 1 fully saturated rings. The van der Waals surface area contributed by atoms with Crippen molar-refractivity contribution in [3.05, 3.63) is 59.7 Å². The third-order valence-electron chi connectivity index (χ3n) is 5.47. The SMILES string of the molecule is O=C(O)C(F)C1CCN(C(=O)OCC2c3ccccc3-c3ccccc32)C1. The van der Waals surface area contributed by atoms with E-state index < -0.39 is 24.2 Å². The number of hydrogen-bond acceptors (Lipinski definition) is 3. The molecular formula is C21H20FNO4. The number of aliphatic carboxylic acids is 1. The number of carboxylic acids is 1. The van der Waals surface area contributed by atoms with Crippen molar-refractivity contribution in [2.24, 2.45) is 5.92 Å². The maximum atomic E-state index is 13.7. The first kappa shape index (κ1) is 17.5. The molecule has 27 heavy (non-hydrogen) atoms. The fourth-order valence-electron chi connectivity index (χ4n) is 4.08. The number of ether oxygens (including phenoxy) is 1. The van der Waals surface area contributed by atoms with Crippen LogP contribution < -0.4 is 0 Å². The van der Waals surface area contributed by atoms with Crippen LogP contribution in [0.2, 0.25) is 0 Å². The summed E-state index contributed by atoms with van der Waals surface area (Å²) in [5, 5.41) is 8.79. The molecule has 2 aromatic carbocycles. The molecule has 5 nitrogen and oxygen atoms in total. The molecule has 0 aromatic heterocycles. The second kappa shape index (κ2) is 7.02. The molecule has 0 bridgehead atoms. The van der Waals surface area contributed by atoms with E-state index in [9.17, 15) is 14.0 Å². The number of halogens is 1. The summed E-state index contributed by atoms with van der Waals surface area (Å²) in [4.78, 5) is 24.6. The van der Waals surface area contributed by atoms with Crippen molar-refractivity contribution in [2.45, 2.75) is 18.5 Å². The number of amides is 1. The number of carboxylic acid groups (broad SMARTS) is 1. The molecule has 2 unspecified atom stereocenters. The molecule has 6 heteroatoms. The second-order valence-electron chi connectivity index (χ2n) is 7.04. The summed E-state index contributed by atoms with van der Waals surface area (Å²) in [5.41, 5.74) is 4.55. The van der Waals surface area contributed by atoms with Gasteiger partial charge in [0.15, 0.2) is 0 Å². The second-order valence-corrected chi connectivity index (χ2v) is 7.04. The van der Waals surface area contributed by atoms with Gasteiger partial charge in [-0.15, -0.1) is 0 Å². The van der Waals surface area contributed by atoms with Crippen molar-refractivity contribution < 1.29 is 23.8 Å². The summed E-state index contributed by atoms with van der Waals surface area (Å²) >= 11 is 0. The van der Waals surface area contributed by atoms with Crippen LogP contribution >= 0.6 is 0 Å². The highest BCUT2D eigenvalue weighted by Crippen LogP contribution is 2.44. The van der Waals surface area contributed by atoms with Crippen molar-refractivity contribution in [2.75, 3.05) is 19.7 Å². The number of benzene rings is 2. The number of nitrogens with zero attached hydrogens (tertiary/aromatic N) is 1. The van der Waals surface area contributed by atoms with Gasteiger partial charge in [0.25, 0.3) is 0 Å². The van der Waals surface area contributed by atoms with Crippen LogP contribution in [-0.4, -0.2) is 47.9 Å². The van der Waals surface area contributed by atoms with Gasteiger partial charge in [0.2, 0.25) is 6.17 Å². The minimum atomic E-state index is -1.95. The average Bonchev–Trinajstić information content (AvgIpc) is 3.29. The molecule has 1 amide bonds. The van der Waals surface area contributed by atoms with Crippen LogP contribution in [0.15, 0.2) is 48.5 Å². The van der Waals surface area contributed by atoms with Crippen molar-refractivity contribution in [1.82, 2.24) is 4.90 Å². The van der Waals surface area contributed by atoms with Gasteiger partial charge in [-0.05, 0) is 28.7 Å². The number of fused-ring (bicyclic) bond motifs is 3. The quantitative estimate of drug-likeness (QED) is 0.893. The van der Waals surface area contributed by atoms with E-state index in [4.69, 9.17) is 9.84 Å². The van der Waals surface area contributed by atoms with Crippen LogP contribution in [0, 0.1) is 5.92 Å². The molecule has 2 aliphatic rings. The third-order valence-corrected chi connectivity index (χ3v) is 5.47. The predicted molar refractivity (Wildman–Crippen MR) is 97.3 cm³/mol. The van der Waals surface area contributed by atoms with Gasteiger partial charge in [-0.3, -0.25) is 0 Å². The standard InChI is InChI=1S/C21H20FNO4/c22-19(20(24)25)13-9-10-23(11-13)21(26)27-12-18-16-7-3-1-5-14(16)15-6-2-4-8-17(15)18/h1-8,13,18-19H,9-12H2,(H,24,25). The normalized spacial score (nSPS) is 19.4. The Bertz CT molecular complexity index is 838. The van der Waals surface area contributed by atoms with Crippen molar-refractivity contribution >= 4 is 12.1 Å². The summed E-state index contributed by atoms with van der Waals surface area (Å²) in [6.45, 7) is 0.588. The summed E-state index contributed by atoms with van der Waals surface area (Å²) in [6, 6.07) is 16.1. The molecule has 0 radical (unpaired) electrons. The van der Waals surface area contributed by atoms with Crippen molar-refractivity contribution in [3.63, 3.8) is 0 Å². The molecule has 2 aromatic rings. The zero-order valence-electron chi connectivity index (χ0n) is 14.7. The molecule has 4 rings (SSSR count). The third kappa shape index (κ3) is 3.16. The average molecular weight is 369 g/mol. The zero-order chi connectivity index (χ0) is 19.0. The van der Waals surface area contributed by atoms with Crippen LogP contribution in [0.4, 0.5) is 9.18 Å². The first-order valence-electron chi connectivity index (χ1n) is 9.03. The smallest absolute Gasteiger partial charge is 0.409 e. The lowest BCUT2D eigenvalue weighted by atomic mass is 9.98. The Labute approximate surface area is 156 Å². The maximum Gasteiger partial charge on any atom is 0.409 e. The molecule has 1 saturated heterocycles. The topological polar surface area (TPSA) is 66.8 Å². The Morgan fingerprint density at radius 2 is 1.70 bits per heavy atom. The van der Waals surface area contributed by atoms with Gasteiger partial charge in [-0.2, -0.15) is 0 Å². The Kier molecular flexibility index (Phi) is 4.56. The Morgan fingerprint density at radius 3 is 2.30 bits per heavy atom. The summed E-state index contributed by atoms with van der Waals surface area (Å²) < 4.78 is 19.2. The van der Waals surface area contributed by atoms with E-state index >= 15 is 0 Å². The first-order valence-corrected chi connectivity index (χ1v) is 9.03. The van der Waals surface area contributed by atoms with Gasteiger partial charge in [0, 0.05) is 24.9 Å². The van der Waals surface area contributed by atoms with E-state index in [0.29, 0.717) is 13.0 Å². The van der Waals surface area contributed by atoms with Crippen LogP contribution in [-0.2, 0) is 9.53 Å². The molecule has 0 spiro atoms. The molecular weight excluding hydrogens is 349 g/mol. The minimum Gasteiger partial charge on any atom is -0.479 e. The van der Waals surface area contributed by atoms with Crippen molar-refractivity contribution in [1.29, 1.82) is 0 Å². The molecule has 1 aliphatic heterocycles. The molecule has 2 atom stereocenters. The van der Waals surface area contributed by atoms with Gasteiger partial charge >= 0.3 is 12.1 Å². The van der Waals surface area contributed by atoms with Gasteiger partial charge in [-0.1, -0.05) is 48.5 Å². The highest BCUT2D eigenvalue weighted by Gasteiger charge is 2.37. The number of likely N-dealkylation sites (tertiary alicyclic amines) is 1. The summed E-state index contributed by atoms with van der Waals surface area (Å²) in [6.07, 6.45) is -2.13. The van der Waals surface area contributed by atoms with Crippen LogP contribution in [0.5, 0.6) is 0 Å². The maximum absolute atomic E-state index is 13.7.